The van der Waals surface area contributed by atoms with Gasteiger partial charge in [0.2, 0.25) is 0 Å². The Morgan fingerprint density at radius 2 is 1.42 bits per heavy atom. The Kier molecular flexibility index (Phi) is 3.92. The average Bonchev–Trinajstić information content (AvgIpc) is 2.46. The largest absolute Gasteiger partial charge is 0.508 e. The van der Waals surface area contributed by atoms with E-state index >= 15 is 0 Å². The molecule has 0 aliphatic rings. The fraction of sp³-hybridized carbons (Fsp3) is 0.200. The molecule has 0 aliphatic carbocycles. The van der Waals surface area contributed by atoms with Crippen LogP contribution < -0.4 is 9.47 Å². The highest BCUT2D eigenvalue weighted by Crippen LogP contribution is 2.35. The molecule has 0 atom stereocenters. The number of aliphatic hydroxyl groups is 1. The van der Waals surface area contributed by atoms with Gasteiger partial charge in [0.05, 0.1) is 26.4 Å². The molecule has 0 spiro atoms. The van der Waals surface area contributed by atoms with Gasteiger partial charge >= 0.3 is 0 Å². The second-order valence-electron chi connectivity index (χ2n) is 4.06. The molecular formula is C15H16O4. The second-order valence-corrected chi connectivity index (χ2v) is 4.06. The van der Waals surface area contributed by atoms with Crippen LogP contribution in [0.1, 0.15) is 5.56 Å². The van der Waals surface area contributed by atoms with Gasteiger partial charge in [-0.3, -0.25) is 0 Å². The molecule has 100 valence electrons. The van der Waals surface area contributed by atoms with E-state index in [1.54, 1.807) is 26.4 Å². The molecule has 0 saturated heterocycles. The van der Waals surface area contributed by atoms with Crippen molar-refractivity contribution < 1.29 is 19.7 Å². The van der Waals surface area contributed by atoms with Crippen LogP contribution >= 0.6 is 0 Å². The monoisotopic (exact) mass is 260 g/mol. The van der Waals surface area contributed by atoms with Gasteiger partial charge in [0.25, 0.3) is 0 Å². The van der Waals surface area contributed by atoms with Crippen molar-refractivity contribution in [3.8, 4) is 28.4 Å². The molecule has 0 saturated carbocycles. The van der Waals surface area contributed by atoms with Crippen molar-refractivity contribution in [2.24, 2.45) is 0 Å². The van der Waals surface area contributed by atoms with Crippen LogP contribution in [0.5, 0.6) is 17.2 Å². The summed E-state index contributed by atoms with van der Waals surface area (Å²) < 4.78 is 10.6. The van der Waals surface area contributed by atoms with Crippen molar-refractivity contribution in [3.63, 3.8) is 0 Å². The van der Waals surface area contributed by atoms with Crippen molar-refractivity contribution in [2.45, 2.75) is 6.61 Å². The van der Waals surface area contributed by atoms with Crippen LogP contribution in [-0.4, -0.2) is 24.4 Å². The molecule has 0 fully saturated rings. The highest BCUT2D eigenvalue weighted by Gasteiger charge is 2.12. The molecule has 2 aromatic rings. The molecule has 0 amide bonds. The first-order valence-corrected chi connectivity index (χ1v) is 5.84. The van der Waals surface area contributed by atoms with Crippen LogP contribution in [0.2, 0.25) is 0 Å². The van der Waals surface area contributed by atoms with E-state index in [1.165, 1.54) is 0 Å². The van der Waals surface area contributed by atoms with Crippen LogP contribution in [-0.2, 0) is 6.61 Å². The molecule has 0 heterocycles. The molecule has 0 unspecified atom stereocenters. The minimum atomic E-state index is -0.151. The van der Waals surface area contributed by atoms with Crippen LogP contribution in [0.3, 0.4) is 0 Å². The quantitative estimate of drug-likeness (QED) is 0.887. The van der Waals surface area contributed by atoms with Gasteiger partial charge < -0.3 is 19.7 Å². The molecule has 4 heteroatoms. The van der Waals surface area contributed by atoms with Crippen molar-refractivity contribution in [3.05, 3.63) is 42.0 Å². The first-order chi connectivity index (χ1) is 9.19. The van der Waals surface area contributed by atoms with Gasteiger partial charge in [-0.25, -0.2) is 0 Å². The van der Waals surface area contributed by atoms with Gasteiger partial charge in [0, 0.05) is 0 Å². The summed E-state index contributed by atoms with van der Waals surface area (Å²) in [4.78, 5) is 0. The van der Waals surface area contributed by atoms with E-state index in [9.17, 15) is 10.2 Å². The van der Waals surface area contributed by atoms with E-state index in [0.29, 0.717) is 17.1 Å². The molecule has 2 rings (SSSR count). The fourth-order valence-electron chi connectivity index (χ4n) is 1.96. The number of hydrogen-bond acceptors (Lipinski definition) is 4. The second kappa shape index (κ2) is 5.63. The number of methoxy groups -OCH3 is 2. The lowest BCUT2D eigenvalue weighted by Crippen LogP contribution is -1.97. The van der Waals surface area contributed by atoms with Crippen LogP contribution in [0.25, 0.3) is 11.1 Å². The average molecular weight is 260 g/mol. The molecule has 0 bridgehead atoms. The zero-order valence-corrected chi connectivity index (χ0v) is 10.9. The minimum Gasteiger partial charge on any atom is -0.508 e. The number of phenols is 1. The molecular weight excluding hydrogens is 244 g/mol. The normalized spacial score (nSPS) is 10.3. The summed E-state index contributed by atoms with van der Waals surface area (Å²) in [6.45, 7) is -0.151. The zero-order chi connectivity index (χ0) is 13.8. The summed E-state index contributed by atoms with van der Waals surface area (Å²) in [5.74, 6) is 1.37. The summed E-state index contributed by atoms with van der Waals surface area (Å²) in [5.41, 5.74) is 2.44. The predicted molar refractivity (Wildman–Crippen MR) is 72.6 cm³/mol. The first kappa shape index (κ1) is 13.2. The van der Waals surface area contributed by atoms with Gasteiger partial charge in [0.1, 0.15) is 17.2 Å². The summed E-state index contributed by atoms with van der Waals surface area (Å²) in [6, 6.07) is 10.5. The maximum Gasteiger partial charge on any atom is 0.128 e. The first-order valence-electron chi connectivity index (χ1n) is 5.84. The van der Waals surface area contributed by atoms with E-state index in [-0.39, 0.29) is 12.4 Å². The lowest BCUT2D eigenvalue weighted by Gasteiger charge is -2.14. The standard InChI is InChI=1S/C15H16O4/c1-18-14-7-11(8-15(19-2)13(14)9-16)10-3-5-12(17)6-4-10/h3-8,16-17H,9H2,1-2H3. The maximum absolute atomic E-state index is 9.37. The number of benzene rings is 2. The van der Waals surface area contributed by atoms with E-state index in [1.807, 2.05) is 24.3 Å². The van der Waals surface area contributed by atoms with Crippen molar-refractivity contribution in [1.82, 2.24) is 0 Å². The topological polar surface area (TPSA) is 58.9 Å². The Morgan fingerprint density at radius 3 is 1.84 bits per heavy atom. The third kappa shape index (κ3) is 2.63. The Balaban J connectivity index is 2.55. The van der Waals surface area contributed by atoms with Crippen molar-refractivity contribution >= 4 is 0 Å². The number of phenolic OH excluding ortho intramolecular Hbond substituents is 1. The lowest BCUT2D eigenvalue weighted by molar-refractivity contribution is 0.265. The molecule has 0 aromatic heterocycles. The smallest absolute Gasteiger partial charge is 0.128 e. The van der Waals surface area contributed by atoms with E-state index in [0.717, 1.165) is 11.1 Å². The number of hydrogen-bond donors (Lipinski definition) is 2. The summed E-state index contributed by atoms with van der Waals surface area (Å²) in [7, 11) is 3.10. The van der Waals surface area contributed by atoms with E-state index < -0.39 is 0 Å². The maximum atomic E-state index is 9.37. The van der Waals surface area contributed by atoms with Gasteiger partial charge in [-0.15, -0.1) is 0 Å². The summed E-state index contributed by atoms with van der Waals surface area (Å²) in [6.07, 6.45) is 0. The Hall–Kier alpha value is -2.20. The molecule has 19 heavy (non-hydrogen) atoms. The Morgan fingerprint density at radius 1 is 0.895 bits per heavy atom. The highest BCUT2D eigenvalue weighted by molar-refractivity contribution is 5.69. The Bertz CT molecular complexity index is 536. The van der Waals surface area contributed by atoms with Crippen LogP contribution in [0.15, 0.2) is 36.4 Å². The predicted octanol–water partition coefficient (Wildman–Crippen LogP) is 2.57. The SMILES string of the molecule is COc1cc(-c2ccc(O)cc2)cc(OC)c1CO. The summed E-state index contributed by atoms with van der Waals surface area (Å²) >= 11 is 0. The number of aromatic hydroxyl groups is 1. The van der Waals surface area contributed by atoms with Gasteiger partial charge in [-0.1, -0.05) is 12.1 Å². The molecule has 2 N–H and O–H groups in total. The molecule has 0 radical (unpaired) electrons. The molecule has 2 aromatic carbocycles. The van der Waals surface area contributed by atoms with Crippen molar-refractivity contribution in [1.29, 1.82) is 0 Å². The number of aliphatic hydroxyl groups excluding tert-OH is 1. The van der Waals surface area contributed by atoms with Gasteiger partial charge in [-0.2, -0.15) is 0 Å². The van der Waals surface area contributed by atoms with Crippen molar-refractivity contribution in [2.75, 3.05) is 14.2 Å². The van der Waals surface area contributed by atoms with Gasteiger partial charge in [0.15, 0.2) is 0 Å². The number of rotatable bonds is 4. The van der Waals surface area contributed by atoms with Crippen LogP contribution in [0, 0.1) is 0 Å². The Labute approximate surface area is 111 Å². The van der Waals surface area contributed by atoms with Crippen LogP contribution in [0.4, 0.5) is 0 Å². The summed E-state index contributed by atoms with van der Waals surface area (Å²) in [5, 5.41) is 18.7. The molecule has 4 nitrogen and oxygen atoms in total. The fourth-order valence-corrected chi connectivity index (χ4v) is 1.96. The van der Waals surface area contributed by atoms with Gasteiger partial charge in [-0.05, 0) is 35.4 Å². The number of ether oxygens (including phenoxy) is 2. The highest BCUT2D eigenvalue weighted by atomic mass is 16.5. The lowest BCUT2D eigenvalue weighted by atomic mass is 10.0. The third-order valence-electron chi connectivity index (χ3n) is 2.97. The third-order valence-corrected chi connectivity index (χ3v) is 2.97. The minimum absolute atomic E-state index is 0.151. The van der Waals surface area contributed by atoms with E-state index in [2.05, 4.69) is 0 Å². The molecule has 0 aliphatic heterocycles. The zero-order valence-electron chi connectivity index (χ0n) is 10.9. The van der Waals surface area contributed by atoms with E-state index in [4.69, 9.17) is 9.47 Å².